The number of nitrogens with zero attached hydrogens (tertiary/aromatic N) is 2. The predicted molar refractivity (Wildman–Crippen MR) is 92.3 cm³/mol. The maximum Gasteiger partial charge on any atom is 0.225 e. The molecule has 0 aliphatic carbocycles. The summed E-state index contributed by atoms with van der Waals surface area (Å²) in [6.07, 6.45) is 1.22. The van der Waals surface area contributed by atoms with E-state index in [1.165, 1.54) is 4.31 Å². The molecular formula is C14H21BrN2O3S2. The van der Waals surface area contributed by atoms with E-state index in [0.29, 0.717) is 32.5 Å². The van der Waals surface area contributed by atoms with E-state index < -0.39 is 10.0 Å². The number of carbonyl (C=O) groups excluding carboxylic acids is 1. The Kier molecular flexibility index (Phi) is 6.04. The van der Waals surface area contributed by atoms with Gasteiger partial charge in [0, 0.05) is 30.9 Å². The van der Waals surface area contributed by atoms with Gasteiger partial charge < -0.3 is 4.90 Å². The van der Waals surface area contributed by atoms with Gasteiger partial charge in [-0.1, -0.05) is 0 Å². The number of hydrogen-bond acceptors (Lipinski definition) is 4. The topological polar surface area (TPSA) is 57.7 Å². The van der Waals surface area contributed by atoms with E-state index in [-0.39, 0.29) is 17.6 Å². The smallest absolute Gasteiger partial charge is 0.225 e. The lowest BCUT2D eigenvalue weighted by atomic mass is 9.96. The number of carbonyl (C=O) groups is 1. The minimum atomic E-state index is -3.13. The number of hydrogen-bond donors (Lipinski definition) is 0. The number of sulfonamides is 1. The van der Waals surface area contributed by atoms with Gasteiger partial charge in [-0.05, 0) is 47.8 Å². The quantitative estimate of drug-likeness (QED) is 0.751. The van der Waals surface area contributed by atoms with Crippen LogP contribution in [0.15, 0.2) is 15.9 Å². The normalized spacial score (nSPS) is 17.6. The number of rotatable bonds is 5. The summed E-state index contributed by atoms with van der Waals surface area (Å²) in [6, 6.07) is 3.99. The molecular weight excluding hydrogens is 388 g/mol. The van der Waals surface area contributed by atoms with Crippen molar-refractivity contribution in [1.82, 2.24) is 9.21 Å². The highest BCUT2D eigenvalue weighted by molar-refractivity contribution is 9.11. The van der Waals surface area contributed by atoms with E-state index in [0.717, 1.165) is 8.66 Å². The third-order valence-corrected chi connectivity index (χ3v) is 7.45. The van der Waals surface area contributed by atoms with E-state index in [1.807, 2.05) is 19.2 Å². The molecule has 1 aromatic heterocycles. The lowest BCUT2D eigenvalue weighted by Gasteiger charge is -2.32. The molecule has 124 valence electrons. The minimum absolute atomic E-state index is 0.0725. The van der Waals surface area contributed by atoms with Crippen LogP contribution in [0, 0.1) is 5.92 Å². The first-order valence-corrected chi connectivity index (χ1v) is 10.5. The predicted octanol–water partition coefficient (Wildman–Crippen LogP) is 2.53. The van der Waals surface area contributed by atoms with Crippen molar-refractivity contribution in [3.05, 3.63) is 20.8 Å². The van der Waals surface area contributed by atoms with E-state index in [1.54, 1.807) is 23.2 Å². The van der Waals surface area contributed by atoms with Gasteiger partial charge in [0.2, 0.25) is 15.9 Å². The third-order valence-electron chi connectivity index (χ3n) is 3.96. The molecule has 1 saturated heterocycles. The molecule has 0 atom stereocenters. The van der Waals surface area contributed by atoms with Gasteiger partial charge in [0.1, 0.15) is 0 Å². The Morgan fingerprint density at radius 2 is 2.05 bits per heavy atom. The van der Waals surface area contributed by atoms with Gasteiger partial charge in [0.05, 0.1) is 16.1 Å². The zero-order chi connectivity index (χ0) is 16.3. The first-order chi connectivity index (χ1) is 10.3. The Balaban J connectivity index is 1.89. The second-order valence-electron chi connectivity index (χ2n) is 5.47. The first kappa shape index (κ1) is 17.9. The Labute approximate surface area is 144 Å². The van der Waals surface area contributed by atoms with E-state index in [9.17, 15) is 13.2 Å². The number of thiophene rings is 1. The molecule has 1 aromatic rings. The fraction of sp³-hybridized carbons (Fsp3) is 0.643. The Morgan fingerprint density at radius 1 is 1.41 bits per heavy atom. The third kappa shape index (κ3) is 4.31. The zero-order valence-electron chi connectivity index (χ0n) is 12.8. The standard InChI is InChI=1S/C14H21BrN2O3S2/c1-3-22(19,20)17-8-6-11(7-9-17)14(18)16(2)10-12-4-5-13(15)21-12/h4-5,11H,3,6-10H2,1-2H3. The van der Waals surface area contributed by atoms with Gasteiger partial charge in [0.15, 0.2) is 0 Å². The average molecular weight is 409 g/mol. The second kappa shape index (κ2) is 7.42. The largest absolute Gasteiger partial charge is 0.340 e. The molecule has 1 aliphatic rings. The van der Waals surface area contributed by atoms with Crippen molar-refractivity contribution in [3.63, 3.8) is 0 Å². The molecule has 1 amide bonds. The van der Waals surface area contributed by atoms with Crippen molar-refractivity contribution >= 4 is 43.2 Å². The van der Waals surface area contributed by atoms with Gasteiger partial charge in [0.25, 0.3) is 0 Å². The Hall–Kier alpha value is -0.440. The van der Waals surface area contributed by atoms with Crippen LogP contribution >= 0.6 is 27.3 Å². The fourth-order valence-corrected chi connectivity index (χ4v) is 5.29. The van der Waals surface area contributed by atoms with Crippen molar-refractivity contribution in [2.75, 3.05) is 25.9 Å². The molecule has 2 rings (SSSR count). The maximum atomic E-state index is 12.5. The summed E-state index contributed by atoms with van der Waals surface area (Å²) in [7, 11) is -1.32. The molecule has 0 bridgehead atoms. The fourth-order valence-electron chi connectivity index (χ4n) is 2.62. The van der Waals surface area contributed by atoms with Crippen LogP contribution in [0.1, 0.15) is 24.6 Å². The lowest BCUT2D eigenvalue weighted by molar-refractivity contribution is -0.135. The molecule has 22 heavy (non-hydrogen) atoms. The summed E-state index contributed by atoms with van der Waals surface area (Å²) in [5, 5.41) is 0. The van der Waals surface area contributed by atoms with Crippen LogP contribution < -0.4 is 0 Å². The lowest BCUT2D eigenvalue weighted by Crippen LogP contribution is -2.43. The van der Waals surface area contributed by atoms with Crippen LogP contribution in [0.2, 0.25) is 0 Å². The van der Waals surface area contributed by atoms with E-state index in [2.05, 4.69) is 15.9 Å². The molecule has 1 fully saturated rings. The first-order valence-electron chi connectivity index (χ1n) is 7.30. The van der Waals surface area contributed by atoms with E-state index >= 15 is 0 Å². The molecule has 0 radical (unpaired) electrons. The summed E-state index contributed by atoms with van der Waals surface area (Å²) >= 11 is 5.04. The Bertz CT molecular complexity index is 622. The van der Waals surface area contributed by atoms with Gasteiger partial charge in [-0.2, -0.15) is 0 Å². The van der Waals surface area contributed by atoms with Gasteiger partial charge in [-0.3, -0.25) is 4.79 Å². The SMILES string of the molecule is CCS(=O)(=O)N1CCC(C(=O)N(C)Cc2ccc(Br)s2)CC1. The van der Waals surface area contributed by atoms with Crippen LogP contribution in [0.4, 0.5) is 0 Å². The second-order valence-corrected chi connectivity index (χ2v) is 10.3. The molecule has 2 heterocycles. The number of amides is 1. The van der Waals surface area contributed by atoms with Crippen LogP contribution in [0.5, 0.6) is 0 Å². The molecule has 5 nitrogen and oxygen atoms in total. The average Bonchev–Trinajstić information content (AvgIpc) is 2.91. The highest BCUT2D eigenvalue weighted by atomic mass is 79.9. The Morgan fingerprint density at radius 3 is 2.55 bits per heavy atom. The summed E-state index contributed by atoms with van der Waals surface area (Å²) in [4.78, 5) is 15.4. The van der Waals surface area contributed by atoms with Crippen molar-refractivity contribution in [2.45, 2.75) is 26.3 Å². The summed E-state index contributed by atoms with van der Waals surface area (Å²) in [6.45, 7) is 3.15. The molecule has 0 spiro atoms. The van der Waals surface area contributed by atoms with Gasteiger partial charge in [-0.15, -0.1) is 11.3 Å². The summed E-state index contributed by atoms with van der Waals surface area (Å²) in [5.74, 6) is 0.161. The zero-order valence-corrected chi connectivity index (χ0v) is 16.0. The summed E-state index contributed by atoms with van der Waals surface area (Å²) < 4.78 is 26.2. The van der Waals surface area contributed by atoms with Crippen LogP contribution in [0.25, 0.3) is 0 Å². The molecule has 1 aliphatic heterocycles. The molecule has 0 saturated carbocycles. The van der Waals surface area contributed by atoms with Crippen molar-refractivity contribution < 1.29 is 13.2 Å². The van der Waals surface area contributed by atoms with E-state index in [4.69, 9.17) is 0 Å². The molecule has 0 unspecified atom stereocenters. The molecule has 0 aromatic carbocycles. The monoisotopic (exact) mass is 408 g/mol. The number of piperidine rings is 1. The summed E-state index contributed by atoms with van der Waals surface area (Å²) in [5.41, 5.74) is 0. The molecule has 8 heteroatoms. The van der Waals surface area contributed by atoms with Crippen molar-refractivity contribution in [3.8, 4) is 0 Å². The van der Waals surface area contributed by atoms with Gasteiger partial charge >= 0.3 is 0 Å². The van der Waals surface area contributed by atoms with Crippen molar-refractivity contribution in [1.29, 1.82) is 0 Å². The highest BCUT2D eigenvalue weighted by Gasteiger charge is 2.31. The maximum absolute atomic E-state index is 12.5. The van der Waals surface area contributed by atoms with Crippen LogP contribution in [-0.4, -0.2) is 49.4 Å². The van der Waals surface area contributed by atoms with Gasteiger partial charge in [-0.25, -0.2) is 12.7 Å². The molecule has 0 N–H and O–H groups in total. The minimum Gasteiger partial charge on any atom is -0.340 e. The number of halogens is 1. The van der Waals surface area contributed by atoms with Crippen LogP contribution in [-0.2, 0) is 21.4 Å². The highest BCUT2D eigenvalue weighted by Crippen LogP contribution is 2.25. The van der Waals surface area contributed by atoms with Crippen LogP contribution in [0.3, 0.4) is 0 Å². The van der Waals surface area contributed by atoms with Crippen molar-refractivity contribution in [2.24, 2.45) is 5.92 Å².